The van der Waals surface area contributed by atoms with Gasteiger partial charge in [0.1, 0.15) is 5.01 Å². The van der Waals surface area contributed by atoms with Crippen LogP contribution in [0.5, 0.6) is 0 Å². The van der Waals surface area contributed by atoms with Crippen LogP contribution in [0.4, 0.5) is 0 Å². The van der Waals surface area contributed by atoms with E-state index in [4.69, 9.17) is 9.73 Å². The number of thiazole rings is 1. The molecule has 0 radical (unpaired) electrons. The zero-order valence-electron chi connectivity index (χ0n) is 18.2. The van der Waals surface area contributed by atoms with Crippen LogP contribution in [-0.2, 0) is 17.7 Å². The Morgan fingerprint density at radius 2 is 1.93 bits per heavy atom. The molecule has 1 aliphatic rings. The van der Waals surface area contributed by atoms with Crippen LogP contribution in [0.1, 0.15) is 40.9 Å². The molecule has 6 nitrogen and oxygen atoms in total. The second-order valence-corrected chi connectivity index (χ2v) is 8.42. The van der Waals surface area contributed by atoms with Gasteiger partial charge in [0.25, 0.3) is 0 Å². The summed E-state index contributed by atoms with van der Waals surface area (Å²) in [5.74, 6) is 0.839. The molecular weight excluding hydrogens is 509 g/mol. The minimum absolute atomic E-state index is 0. The van der Waals surface area contributed by atoms with E-state index in [1.807, 2.05) is 6.20 Å². The zero-order chi connectivity index (χ0) is 20.5. The molecule has 30 heavy (non-hydrogen) atoms. The van der Waals surface area contributed by atoms with E-state index in [0.717, 1.165) is 56.8 Å². The van der Waals surface area contributed by atoms with Gasteiger partial charge in [0.15, 0.2) is 5.96 Å². The molecule has 1 aliphatic heterocycles. The molecule has 3 rings (SSSR count). The van der Waals surface area contributed by atoms with Gasteiger partial charge in [-0.15, -0.1) is 35.3 Å². The monoisotopic (exact) mass is 543 g/mol. The van der Waals surface area contributed by atoms with Gasteiger partial charge in [-0.25, -0.2) is 9.98 Å². The highest BCUT2D eigenvalue weighted by Crippen LogP contribution is 2.22. The molecule has 2 heterocycles. The Bertz CT molecular complexity index is 774. The Morgan fingerprint density at radius 3 is 2.57 bits per heavy atom. The summed E-state index contributed by atoms with van der Waals surface area (Å²) in [6, 6.07) is 9.15. The fourth-order valence-electron chi connectivity index (χ4n) is 3.40. The van der Waals surface area contributed by atoms with E-state index in [-0.39, 0.29) is 30.0 Å². The summed E-state index contributed by atoms with van der Waals surface area (Å²) in [5.41, 5.74) is 2.61. The van der Waals surface area contributed by atoms with E-state index in [2.05, 4.69) is 65.6 Å². The molecule has 0 aliphatic carbocycles. The van der Waals surface area contributed by atoms with Crippen LogP contribution in [0.2, 0.25) is 0 Å². The number of aryl methyl sites for hydroxylation is 2. The Hall–Kier alpha value is -1.23. The van der Waals surface area contributed by atoms with Gasteiger partial charge < -0.3 is 15.4 Å². The van der Waals surface area contributed by atoms with Crippen molar-refractivity contribution in [3.63, 3.8) is 0 Å². The topological polar surface area (TPSA) is 61.8 Å². The predicted octanol–water partition coefficient (Wildman–Crippen LogP) is 3.76. The number of guanidine groups is 1. The molecule has 1 fully saturated rings. The van der Waals surface area contributed by atoms with Gasteiger partial charge >= 0.3 is 0 Å². The summed E-state index contributed by atoms with van der Waals surface area (Å²) in [6.07, 6.45) is 2.99. The van der Waals surface area contributed by atoms with Gasteiger partial charge in [0, 0.05) is 37.3 Å². The maximum absolute atomic E-state index is 5.56. The summed E-state index contributed by atoms with van der Waals surface area (Å²) in [7, 11) is 0. The molecule has 0 bridgehead atoms. The van der Waals surface area contributed by atoms with Crippen molar-refractivity contribution in [2.24, 2.45) is 4.99 Å². The average molecular weight is 544 g/mol. The van der Waals surface area contributed by atoms with Crippen molar-refractivity contribution >= 4 is 41.3 Å². The van der Waals surface area contributed by atoms with E-state index < -0.39 is 0 Å². The number of hydrogen-bond acceptors (Lipinski definition) is 5. The minimum Gasteiger partial charge on any atom is -0.379 e. The molecule has 0 saturated carbocycles. The van der Waals surface area contributed by atoms with Crippen molar-refractivity contribution in [3.8, 4) is 0 Å². The number of morpholine rings is 1. The van der Waals surface area contributed by atoms with Crippen LogP contribution < -0.4 is 10.6 Å². The van der Waals surface area contributed by atoms with Gasteiger partial charge in [-0.05, 0) is 25.8 Å². The maximum atomic E-state index is 5.56. The first-order valence-corrected chi connectivity index (χ1v) is 11.3. The first-order chi connectivity index (χ1) is 14.2. The number of nitrogens with zero attached hydrogens (tertiary/aromatic N) is 3. The molecule has 1 unspecified atom stereocenters. The molecule has 166 valence electrons. The molecule has 1 aromatic carbocycles. The Balaban J connectivity index is 0.00000320. The van der Waals surface area contributed by atoms with E-state index in [9.17, 15) is 0 Å². The lowest BCUT2D eigenvalue weighted by atomic mass is 10.0. The highest BCUT2D eigenvalue weighted by atomic mass is 127. The summed E-state index contributed by atoms with van der Waals surface area (Å²) >= 11 is 1.74. The van der Waals surface area contributed by atoms with Gasteiger partial charge in [0.05, 0.1) is 25.8 Å². The number of ether oxygens (including phenoxy) is 1. The van der Waals surface area contributed by atoms with Gasteiger partial charge in [-0.1, -0.05) is 36.8 Å². The average Bonchev–Trinajstić information content (AvgIpc) is 3.22. The summed E-state index contributed by atoms with van der Waals surface area (Å²) in [4.78, 5) is 13.0. The van der Waals surface area contributed by atoms with E-state index in [1.54, 1.807) is 11.3 Å². The van der Waals surface area contributed by atoms with E-state index in [0.29, 0.717) is 6.54 Å². The number of halogens is 1. The van der Waals surface area contributed by atoms with Gasteiger partial charge in [0.2, 0.25) is 0 Å². The predicted molar refractivity (Wildman–Crippen MR) is 136 cm³/mol. The van der Waals surface area contributed by atoms with Crippen molar-refractivity contribution in [1.29, 1.82) is 0 Å². The highest BCUT2D eigenvalue weighted by Gasteiger charge is 2.22. The minimum atomic E-state index is 0. The SMILES string of the molecule is CCNC(=NCc1ncc(CC)s1)NCC(c1ccc(C)cc1)N1CCOCC1.I. The lowest BCUT2D eigenvalue weighted by Crippen LogP contribution is -2.46. The number of hydrogen-bond donors (Lipinski definition) is 2. The molecule has 1 atom stereocenters. The molecule has 1 aromatic heterocycles. The van der Waals surface area contributed by atoms with Crippen LogP contribution in [0.15, 0.2) is 35.5 Å². The van der Waals surface area contributed by atoms with Crippen molar-refractivity contribution < 1.29 is 4.74 Å². The third-order valence-electron chi connectivity index (χ3n) is 5.08. The van der Waals surface area contributed by atoms with Crippen molar-refractivity contribution in [2.75, 3.05) is 39.4 Å². The van der Waals surface area contributed by atoms with Crippen LogP contribution in [-0.4, -0.2) is 55.2 Å². The molecule has 2 N–H and O–H groups in total. The third-order valence-corrected chi connectivity index (χ3v) is 6.20. The summed E-state index contributed by atoms with van der Waals surface area (Å²) < 4.78 is 5.56. The fraction of sp³-hybridized carbons (Fsp3) is 0.545. The summed E-state index contributed by atoms with van der Waals surface area (Å²) in [5, 5.41) is 7.98. The molecular formula is C22H34IN5OS. The Kier molecular flexibility index (Phi) is 11.0. The van der Waals surface area contributed by atoms with Crippen LogP contribution in [0.3, 0.4) is 0 Å². The standard InChI is InChI=1S/C22H33N5OS.HI/c1-4-19-14-24-21(29-19)16-26-22(23-5-2)25-15-20(27-10-12-28-13-11-27)18-8-6-17(3)7-9-18;/h6-9,14,20H,4-5,10-13,15-16H2,1-3H3,(H2,23,25,26);1H. The third kappa shape index (κ3) is 7.47. The van der Waals surface area contributed by atoms with Crippen LogP contribution in [0.25, 0.3) is 0 Å². The number of rotatable bonds is 8. The Labute approximate surface area is 201 Å². The second-order valence-electron chi connectivity index (χ2n) is 7.22. The second kappa shape index (κ2) is 13.2. The van der Waals surface area contributed by atoms with Crippen molar-refractivity contribution in [3.05, 3.63) is 51.5 Å². The van der Waals surface area contributed by atoms with Gasteiger partial charge in [-0.2, -0.15) is 0 Å². The number of aromatic nitrogens is 1. The zero-order valence-corrected chi connectivity index (χ0v) is 21.3. The van der Waals surface area contributed by atoms with Crippen LogP contribution in [0, 0.1) is 6.92 Å². The lowest BCUT2D eigenvalue weighted by molar-refractivity contribution is 0.0170. The van der Waals surface area contributed by atoms with Gasteiger partial charge in [-0.3, -0.25) is 4.90 Å². The number of aliphatic imine (C=N–C) groups is 1. The molecule has 2 aromatic rings. The smallest absolute Gasteiger partial charge is 0.191 e. The number of nitrogens with one attached hydrogen (secondary N) is 2. The lowest BCUT2D eigenvalue weighted by Gasteiger charge is -2.35. The fourth-order valence-corrected chi connectivity index (χ4v) is 4.19. The first-order valence-electron chi connectivity index (χ1n) is 10.5. The molecule has 0 amide bonds. The number of benzene rings is 1. The van der Waals surface area contributed by atoms with Crippen LogP contribution >= 0.6 is 35.3 Å². The normalized spacial score (nSPS) is 16.0. The molecule has 1 saturated heterocycles. The van der Waals surface area contributed by atoms with Crippen molar-refractivity contribution in [2.45, 2.75) is 39.8 Å². The van der Waals surface area contributed by atoms with E-state index in [1.165, 1.54) is 16.0 Å². The largest absolute Gasteiger partial charge is 0.379 e. The molecule has 0 spiro atoms. The Morgan fingerprint density at radius 1 is 1.20 bits per heavy atom. The molecule has 8 heteroatoms. The maximum Gasteiger partial charge on any atom is 0.191 e. The first kappa shape index (κ1) is 25.0. The van der Waals surface area contributed by atoms with E-state index >= 15 is 0 Å². The van der Waals surface area contributed by atoms with Crippen molar-refractivity contribution in [1.82, 2.24) is 20.5 Å². The highest BCUT2D eigenvalue weighted by molar-refractivity contribution is 14.0. The summed E-state index contributed by atoms with van der Waals surface area (Å²) in [6.45, 7) is 12.1. The quantitative estimate of drug-likeness (QED) is 0.302.